The molecule has 0 fully saturated rings. The highest BCUT2D eigenvalue weighted by atomic mass is 19.1. The summed E-state index contributed by atoms with van der Waals surface area (Å²) in [5, 5.41) is 5.02. The normalized spacial score (nSPS) is 12.8. The molecule has 0 aliphatic rings. The topological polar surface area (TPSA) is 101 Å². The van der Waals surface area contributed by atoms with E-state index in [0.717, 1.165) is 0 Å². The molecule has 0 radical (unpaired) electrons. The summed E-state index contributed by atoms with van der Waals surface area (Å²) in [6.45, 7) is 4.83. The van der Waals surface area contributed by atoms with Crippen molar-refractivity contribution in [2.24, 2.45) is 5.73 Å². The van der Waals surface area contributed by atoms with Crippen molar-refractivity contribution in [1.82, 2.24) is 10.6 Å². The van der Waals surface area contributed by atoms with Crippen LogP contribution in [0.15, 0.2) is 36.9 Å². The number of carbonyl (C=O) groups excluding carboxylic acids is 3. The summed E-state index contributed by atoms with van der Waals surface area (Å²) in [6.07, 6.45) is 2.52. The van der Waals surface area contributed by atoms with Gasteiger partial charge >= 0.3 is 0 Å². The number of primary amides is 1. The molecule has 0 aromatic heterocycles. The second-order valence-electron chi connectivity index (χ2n) is 5.42. The van der Waals surface area contributed by atoms with Gasteiger partial charge in [0.2, 0.25) is 17.7 Å². The molecular weight excluding hydrogens is 313 g/mol. The number of benzene rings is 1. The molecule has 0 aliphatic carbocycles. The second-order valence-corrected chi connectivity index (χ2v) is 5.42. The lowest BCUT2D eigenvalue weighted by atomic mass is 10.0. The molecule has 1 rings (SSSR count). The van der Waals surface area contributed by atoms with Gasteiger partial charge in [-0.25, -0.2) is 4.39 Å². The van der Waals surface area contributed by atoms with Crippen LogP contribution in [0.3, 0.4) is 0 Å². The van der Waals surface area contributed by atoms with Gasteiger partial charge in [-0.2, -0.15) is 0 Å². The van der Waals surface area contributed by atoms with E-state index in [1.165, 1.54) is 25.1 Å². The fourth-order valence-corrected chi connectivity index (χ4v) is 2.20. The van der Waals surface area contributed by atoms with Crippen molar-refractivity contribution >= 4 is 17.7 Å². The lowest BCUT2D eigenvalue weighted by molar-refractivity contribution is -0.130. The van der Waals surface area contributed by atoms with Crippen LogP contribution in [0.5, 0.6) is 0 Å². The predicted molar refractivity (Wildman–Crippen MR) is 88.3 cm³/mol. The minimum absolute atomic E-state index is 0.0934. The maximum absolute atomic E-state index is 13.3. The molecule has 3 amide bonds. The van der Waals surface area contributed by atoms with Crippen LogP contribution in [-0.2, 0) is 20.8 Å². The van der Waals surface area contributed by atoms with Crippen molar-refractivity contribution in [2.75, 3.05) is 0 Å². The van der Waals surface area contributed by atoms with Gasteiger partial charge in [0.05, 0.1) is 0 Å². The third-order valence-electron chi connectivity index (χ3n) is 3.34. The standard InChI is InChI=1S/C17H22FN3O3/c1-3-4-8-14(16(19)23)21-17(24)15(20-11(2)22)10-12-6-5-7-13(18)9-12/h3,5-7,9,14-15H,1,4,8,10H2,2H3,(H2,19,23)(H,20,22)(H,21,24)/t14-,15+/m1/s1. The van der Waals surface area contributed by atoms with Gasteiger partial charge < -0.3 is 16.4 Å². The lowest BCUT2D eigenvalue weighted by Gasteiger charge is -2.21. The Morgan fingerprint density at radius 2 is 2.00 bits per heavy atom. The minimum Gasteiger partial charge on any atom is -0.368 e. The molecule has 7 heteroatoms. The molecule has 1 aromatic rings. The average Bonchev–Trinajstić information content (AvgIpc) is 2.49. The summed E-state index contributed by atoms with van der Waals surface area (Å²) in [4.78, 5) is 35.2. The molecule has 2 atom stereocenters. The molecule has 24 heavy (non-hydrogen) atoms. The molecular formula is C17H22FN3O3. The van der Waals surface area contributed by atoms with E-state index in [1.54, 1.807) is 12.1 Å². The van der Waals surface area contributed by atoms with Crippen LogP contribution in [0.1, 0.15) is 25.3 Å². The number of rotatable bonds is 9. The monoisotopic (exact) mass is 335 g/mol. The zero-order valence-corrected chi connectivity index (χ0v) is 13.5. The molecule has 0 saturated heterocycles. The van der Waals surface area contributed by atoms with Gasteiger partial charge in [-0.3, -0.25) is 14.4 Å². The highest BCUT2D eigenvalue weighted by Gasteiger charge is 2.24. The van der Waals surface area contributed by atoms with Crippen LogP contribution in [0.2, 0.25) is 0 Å². The van der Waals surface area contributed by atoms with Crippen LogP contribution in [-0.4, -0.2) is 29.8 Å². The van der Waals surface area contributed by atoms with Crippen LogP contribution >= 0.6 is 0 Å². The zero-order valence-electron chi connectivity index (χ0n) is 13.5. The van der Waals surface area contributed by atoms with Crippen molar-refractivity contribution in [1.29, 1.82) is 0 Å². The Hall–Kier alpha value is -2.70. The molecule has 1 aromatic carbocycles. The molecule has 0 unspecified atom stereocenters. The first-order chi connectivity index (χ1) is 11.3. The Balaban J connectivity index is 2.85. The Kier molecular flexibility index (Phi) is 7.61. The molecule has 0 saturated carbocycles. The minimum atomic E-state index is -0.935. The Morgan fingerprint density at radius 3 is 2.54 bits per heavy atom. The number of amides is 3. The predicted octanol–water partition coefficient (Wildman–Crippen LogP) is 0.809. The van der Waals surface area contributed by atoms with Crippen molar-refractivity contribution in [3.63, 3.8) is 0 Å². The first kappa shape index (κ1) is 19.3. The van der Waals surface area contributed by atoms with Gasteiger partial charge in [0.25, 0.3) is 0 Å². The maximum Gasteiger partial charge on any atom is 0.243 e. The Morgan fingerprint density at radius 1 is 1.29 bits per heavy atom. The van der Waals surface area contributed by atoms with Crippen LogP contribution in [0.4, 0.5) is 4.39 Å². The van der Waals surface area contributed by atoms with Crippen LogP contribution < -0.4 is 16.4 Å². The Labute approximate surface area is 140 Å². The van der Waals surface area contributed by atoms with E-state index >= 15 is 0 Å². The van der Waals surface area contributed by atoms with Crippen molar-refractivity contribution in [3.05, 3.63) is 48.3 Å². The highest BCUT2D eigenvalue weighted by molar-refractivity contribution is 5.91. The number of allylic oxidation sites excluding steroid dienone is 1. The maximum atomic E-state index is 13.3. The van der Waals surface area contributed by atoms with Crippen molar-refractivity contribution in [3.8, 4) is 0 Å². The molecule has 4 N–H and O–H groups in total. The number of hydrogen-bond donors (Lipinski definition) is 3. The van der Waals surface area contributed by atoms with Gasteiger partial charge in [-0.1, -0.05) is 18.2 Å². The first-order valence-electron chi connectivity index (χ1n) is 7.55. The van der Waals surface area contributed by atoms with E-state index in [-0.39, 0.29) is 6.42 Å². The third kappa shape index (κ3) is 6.60. The summed E-state index contributed by atoms with van der Waals surface area (Å²) in [7, 11) is 0. The van der Waals surface area contributed by atoms with Gasteiger partial charge in [-0.15, -0.1) is 6.58 Å². The Bertz CT molecular complexity index is 619. The van der Waals surface area contributed by atoms with Gasteiger partial charge in [0.15, 0.2) is 0 Å². The molecule has 130 valence electrons. The van der Waals surface area contributed by atoms with Gasteiger partial charge in [0.1, 0.15) is 17.9 Å². The van der Waals surface area contributed by atoms with E-state index < -0.39 is 35.6 Å². The van der Waals surface area contributed by atoms with Crippen molar-refractivity contribution < 1.29 is 18.8 Å². The van der Waals surface area contributed by atoms with E-state index in [0.29, 0.717) is 18.4 Å². The average molecular weight is 335 g/mol. The molecule has 0 aliphatic heterocycles. The first-order valence-corrected chi connectivity index (χ1v) is 7.55. The smallest absolute Gasteiger partial charge is 0.243 e. The summed E-state index contributed by atoms with van der Waals surface area (Å²) in [5.74, 6) is -2.07. The number of carbonyl (C=O) groups is 3. The van der Waals surface area contributed by atoms with Crippen LogP contribution in [0.25, 0.3) is 0 Å². The third-order valence-corrected chi connectivity index (χ3v) is 3.34. The molecule has 0 bridgehead atoms. The highest BCUT2D eigenvalue weighted by Crippen LogP contribution is 2.08. The number of nitrogens with one attached hydrogen (secondary N) is 2. The SMILES string of the molecule is C=CCC[C@@H](NC(=O)[C@H](Cc1cccc(F)c1)NC(C)=O)C(N)=O. The molecule has 0 spiro atoms. The second kappa shape index (κ2) is 9.44. The number of nitrogens with two attached hydrogens (primary N) is 1. The van der Waals surface area contributed by atoms with Crippen LogP contribution in [0, 0.1) is 5.82 Å². The summed E-state index contributed by atoms with van der Waals surface area (Å²) < 4.78 is 13.3. The largest absolute Gasteiger partial charge is 0.368 e. The summed E-state index contributed by atoms with van der Waals surface area (Å²) in [6, 6.07) is 3.94. The summed E-state index contributed by atoms with van der Waals surface area (Å²) in [5.41, 5.74) is 5.82. The number of hydrogen-bond acceptors (Lipinski definition) is 3. The number of halogens is 1. The fraction of sp³-hybridized carbons (Fsp3) is 0.353. The fourth-order valence-electron chi connectivity index (χ4n) is 2.20. The molecule has 0 heterocycles. The zero-order chi connectivity index (χ0) is 18.1. The van der Waals surface area contributed by atoms with E-state index in [4.69, 9.17) is 5.73 Å². The van der Waals surface area contributed by atoms with Gasteiger partial charge in [-0.05, 0) is 30.5 Å². The van der Waals surface area contributed by atoms with Crippen molar-refractivity contribution in [2.45, 2.75) is 38.3 Å². The van der Waals surface area contributed by atoms with E-state index in [1.807, 2.05) is 0 Å². The summed E-state index contributed by atoms with van der Waals surface area (Å²) >= 11 is 0. The lowest BCUT2D eigenvalue weighted by Crippen LogP contribution is -2.53. The quantitative estimate of drug-likeness (QED) is 0.582. The molecule has 6 nitrogen and oxygen atoms in total. The van der Waals surface area contributed by atoms with Gasteiger partial charge in [0, 0.05) is 13.3 Å². The van der Waals surface area contributed by atoms with E-state index in [9.17, 15) is 18.8 Å². The van der Waals surface area contributed by atoms with E-state index in [2.05, 4.69) is 17.2 Å².